The van der Waals surface area contributed by atoms with E-state index < -0.39 is 0 Å². The van der Waals surface area contributed by atoms with E-state index >= 15 is 0 Å². The molecule has 2 rings (SSSR count). The summed E-state index contributed by atoms with van der Waals surface area (Å²) in [6, 6.07) is 5.20. The first-order valence-corrected chi connectivity index (χ1v) is 6.65. The van der Waals surface area contributed by atoms with Crippen LogP contribution in [0.15, 0.2) is 22.7 Å². The summed E-state index contributed by atoms with van der Waals surface area (Å²) >= 11 is 3.44. The van der Waals surface area contributed by atoms with Gasteiger partial charge in [-0.05, 0) is 61.8 Å². The van der Waals surface area contributed by atoms with Gasteiger partial charge >= 0.3 is 0 Å². The van der Waals surface area contributed by atoms with Crippen LogP contribution in [0.4, 0.5) is 4.39 Å². The summed E-state index contributed by atoms with van der Waals surface area (Å²) in [6.45, 7) is 0. The van der Waals surface area contributed by atoms with Crippen LogP contribution in [0.5, 0.6) is 0 Å². The molecule has 0 aliphatic heterocycles. The van der Waals surface area contributed by atoms with Crippen LogP contribution in [-0.2, 0) is 6.42 Å². The lowest BCUT2D eigenvalue weighted by Gasteiger charge is -2.10. The average molecular weight is 286 g/mol. The molecule has 0 aromatic heterocycles. The van der Waals surface area contributed by atoms with Crippen molar-refractivity contribution in [2.75, 3.05) is 0 Å². The van der Waals surface area contributed by atoms with Crippen LogP contribution in [0.25, 0.3) is 0 Å². The first-order valence-electron chi connectivity index (χ1n) is 5.86. The Bertz CT molecular complexity index is 363. The molecule has 3 heteroatoms. The summed E-state index contributed by atoms with van der Waals surface area (Å²) in [5.41, 5.74) is 7.07. The summed E-state index contributed by atoms with van der Waals surface area (Å²) in [5, 5.41) is 0. The van der Waals surface area contributed by atoms with Gasteiger partial charge in [-0.15, -0.1) is 0 Å². The molecule has 2 N–H and O–H groups in total. The quantitative estimate of drug-likeness (QED) is 0.878. The Kier molecular flexibility index (Phi) is 3.98. The predicted molar refractivity (Wildman–Crippen MR) is 67.7 cm³/mol. The van der Waals surface area contributed by atoms with E-state index in [1.54, 1.807) is 12.1 Å². The van der Waals surface area contributed by atoms with Gasteiger partial charge in [-0.25, -0.2) is 4.39 Å². The Labute approximate surface area is 104 Å². The molecule has 1 aromatic rings. The maximum Gasteiger partial charge on any atom is 0.123 e. The molecule has 0 radical (unpaired) electrons. The molecule has 0 spiro atoms. The van der Waals surface area contributed by atoms with Gasteiger partial charge in [-0.1, -0.05) is 15.9 Å². The maximum atomic E-state index is 13.0. The van der Waals surface area contributed by atoms with Gasteiger partial charge in [-0.2, -0.15) is 0 Å². The number of aryl methyl sites for hydroxylation is 1. The van der Waals surface area contributed by atoms with Crippen LogP contribution in [0, 0.1) is 11.7 Å². The Morgan fingerprint density at radius 1 is 1.44 bits per heavy atom. The van der Waals surface area contributed by atoms with E-state index in [0.717, 1.165) is 35.2 Å². The average Bonchev–Trinajstić information content (AvgIpc) is 3.06. The largest absolute Gasteiger partial charge is 0.327 e. The zero-order valence-corrected chi connectivity index (χ0v) is 10.8. The molecule has 88 valence electrons. The molecule has 0 amide bonds. The van der Waals surface area contributed by atoms with Crippen molar-refractivity contribution in [2.24, 2.45) is 11.7 Å². The van der Waals surface area contributed by atoms with Gasteiger partial charge < -0.3 is 5.73 Å². The van der Waals surface area contributed by atoms with E-state index in [4.69, 9.17) is 5.73 Å². The molecule has 1 aliphatic carbocycles. The smallest absolute Gasteiger partial charge is 0.123 e. The Hall–Kier alpha value is -0.410. The topological polar surface area (TPSA) is 26.0 Å². The number of benzene rings is 1. The summed E-state index contributed by atoms with van der Waals surface area (Å²) < 4.78 is 14.0. The molecule has 1 atom stereocenters. The summed E-state index contributed by atoms with van der Waals surface area (Å²) in [5.74, 6) is 0.598. The van der Waals surface area contributed by atoms with Gasteiger partial charge in [0.1, 0.15) is 5.82 Å². The van der Waals surface area contributed by atoms with Crippen LogP contribution in [-0.4, -0.2) is 6.04 Å². The first-order chi connectivity index (χ1) is 7.66. The lowest BCUT2D eigenvalue weighted by Crippen LogP contribution is -2.22. The van der Waals surface area contributed by atoms with Gasteiger partial charge in [0.15, 0.2) is 0 Å². The number of rotatable bonds is 5. The third-order valence-corrected chi connectivity index (χ3v) is 3.99. The van der Waals surface area contributed by atoms with E-state index in [2.05, 4.69) is 15.9 Å². The van der Waals surface area contributed by atoms with Crippen molar-refractivity contribution < 1.29 is 4.39 Å². The van der Waals surface area contributed by atoms with Crippen molar-refractivity contribution >= 4 is 15.9 Å². The van der Waals surface area contributed by atoms with E-state index in [1.807, 2.05) is 0 Å². The van der Waals surface area contributed by atoms with Gasteiger partial charge in [0.25, 0.3) is 0 Å². The van der Waals surface area contributed by atoms with Crippen LogP contribution in [0.3, 0.4) is 0 Å². The minimum absolute atomic E-state index is 0.162. The predicted octanol–water partition coefficient (Wildman–Crippen LogP) is 3.65. The van der Waals surface area contributed by atoms with Gasteiger partial charge in [0.05, 0.1) is 0 Å². The van der Waals surface area contributed by atoms with Gasteiger partial charge in [0.2, 0.25) is 0 Å². The van der Waals surface area contributed by atoms with Crippen molar-refractivity contribution in [3.8, 4) is 0 Å². The van der Waals surface area contributed by atoms with Crippen LogP contribution >= 0.6 is 15.9 Å². The molecule has 0 heterocycles. The standard InChI is InChI=1S/C13H17BrFN/c14-12-7-6-11(15)8-10(12)2-1-3-13(16)9-4-5-9/h6-9,13H,1-5,16H2. The molecule has 1 aliphatic rings. The fraction of sp³-hybridized carbons (Fsp3) is 0.538. The summed E-state index contributed by atoms with van der Waals surface area (Å²) in [6.07, 6.45) is 5.59. The normalized spacial score (nSPS) is 17.4. The van der Waals surface area contributed by atoms with Crippen molar-refractivity contribution in [2.45, 2.75) is 38.1 Å². The number of halogens is 2. The Morgan fingerprint density at radius 2 is 2.19 bits per heavy atom. The number of hydrogen-bond acceptors (Lipinski definition) is 1. The van der Waals surface area contributed by atoms with E-state index in [0.29, 0.717) is 6.04 Å². The van der Waals surface area contributed by atoms with Crippen molar-refractivity contribution in [3.63, 3.8) is 0 Å². The second-order valence-electron chi connectivity index (χ2n) is 4.63. The third kappa shape index (κ3) is 3.29. The molecule has 1 unspecified atom stereocenters. The lowest BCUT2D eigenvalue weighted by molar-refractivity contribution is 0.527. The van der Waals surface area contributed by atoms with Crippen LogP contribution in [0.1, 0.15) is 31.2 Å². The molecule has 1 fully saturated rings. The summed E-state index contributed by atoms with van der Waals surface area (Å²) in [7, 11) is 0. The van der Waals surface area contributed by atoms with E-state index in [1.165, 1.54) is 18.9 Å². The van der Waals surface area contributed by atoms with E-state index in [9.17, 15) is 4.39 Å². The molecule has 0 saturated heterocycles. The highest BCUT2D eigenvalue weighted by Gasteiger charge is 2.27. The molecule has 1 nitrogen and oxygen atoms in total. The van der Waals surface area contributed by atoms with Crippen LogP contribution in [0.2, 0.25) is 0 Å². The molecule has 1 aromatic carbocycles. The highest BCUT2D eigenvalue weighted by molar-refractivity contribution is 9.10. The van der Waals surface area contributed by atoms with E-state index in [-0.39, 0.29) is 5.82 Å². The second kappa shape index (κ2) is 5.28. The zero-order chi connectivity index (χ0) is 11.5. The molecule has 1 saturated carbocycles. The highest BCUT2D eigenvalue weighted by Crippen LogP contribution is 2.33. The SMILES string of the molecule is NC(CCCc1cc(F)ccc1Br)C1CC1. The fourth-order valence-electron chi connectivity index (χ4n) is 2.02. The monoisotopic (exact) mass is 285 g/mol. The zero-order valence-electron chi connectivity index (χ0n) is 9.26. The number of nitrogens with two attached hydrogens (primary N) is 1. The summed E-state index contributed by atoms with van der Waals surface area (Å²) in [4.78, 5) is 0. The van der Waals surface area contributed by atoms with Crippen LogP contribution < -0.4 is 5.73 Å². The fourth-order valence-corrected chi connectivity index (χ4v) is 2.47. The highest BCUT2D eigenvalue weighted by atomic mass is 79.9. The molecular formula is C13H17BrFN. The van der Waals surface area contributed by atoms with Gasteiger partial charge in [0, 0.05) is 10.5 Å². The maximum absolute atomic E-state index is 13.0. The van der Waals surface area contributed by atoms with Crippen molar-refractivity contribution in [1.82, 2.24) is 0 Å². The molecule has 0 bridgehead atoms. The Morgan fingerprint density at radius 3 is 2.88 bits per heavy atom. The number of hydrogen-bond donors (Lipinski definition) is 1. The lowest BCUT2D eigenvalue weighted by atomic mass is 10.0. The van der Waals surface area contributed by atoms with Crippen molar-refractivity contribution in [3.05, 3.63) is 34.1 Å². The second-order valence-corrected chi connectivity index (χ2v) is 5.48. The Balaban J connectivity index is 1.81. The van der Waals surface area contributed by atoms with Gasteiger partial charge in [-0.3, -0.25) is 0 Å². The minimum atomic E-state index is -0.162. The minimum Gasteiger partial charge on any atom is -0.327 e. The first kappa shape index (κ1) is 12.1. The molecule has 16 heavy (non-hydrogen) atoms. The van der Waals surface area contributed by atoms with Crippen molar-refractivity contribution in [1.29, 1.82) is 0 Å². The molecular weight excluding hydrogens is 269 g/mol. The third-order valence-electron chi connectivity index (χ3n) is 3.22.